The van der Waals surface area contributed by atoms with E-state index < -0.39 is 0 Å². The Hall–Kier alpha value is -1.53. The highest BCUT2D eigenvalue weighted by Crippen LogP contribution is 2.21. The number of benzene rings is 1. The molecule has 0 fully saturated rings. The number of nitrogens with zero attached hydrogens (tertiary/aromatic N) is 2. The zero-order valence-electron chi connectivity index (χ0n) is 9.14. The number of hydrogen-bond donors (Lipinski definition) is 1. The third-order valence-electron chi connectivity index (χ3n) is 2.51. The van der Waals surface area contributed by atoms with Crippen LogP contribution >= 0.6 is 0 Å². The van der Waals surface area contributed by atoms with E-state index in [1.54, 1.807) is 24.3 Å². The van der Waals surface area contributed by atoms with Crippen molar-refractivity contribution in [2.75, 3.05) is 13.1 Å². The summed E-state index contributed by atoms with van der Waals surface area (Å²) in [5.41, 5.74) is 0.930. The van der Waals surface area contributed by atoms with E-state index in [-0.39, 0.29) is 11.8 Å². The first-order valence-corrected chi connectivity index (χ1v) is 5.15. The van der Waals surface area contributed by atoms with Gasteiger partial charge in [0.25, 0.3) is 0 Å². The monoisotopic (exact) mass is 204 g/mol. The number of hydrogen-bond acceptors (Lipinski definition) is 3. The Morgan fingerprint density at radius 2 is 1.80 bits per heavy atom. The molecule has 1 aromatic rings. The molecule has 0 saturated heterocycles. The van der Waals surface area contributed by atoms with Crippen molar-refractivity contribution < 1.29 is 5.11 Å². The standard InChI is InChI=1S/C12H16N2O/c1-3-14(4-2)12(9-13)10-5-7-11(15)8-6-10/h5-8,12,15H,3-4H2,1-2H3. The Balaban J connectivity index is 2.92. The van der Waals surface area contributed by atoms with E-state index in [0.29, 0.717) is 0 Å². The first kappa shape index (κ1) is 11.5. The Kier molecular flexibility index (Phi) is 4.14. The summed E-state index contributed by atoms with van der Waals surface area (Å²) in [6, 6.07) is 8.88. The van der Waals surface area contributed by atoms with Crippen LogP contribution in [0.2, 0.25) is 0 Å². The van der Waals surface area contributed by atoms with Gasteiger partial charge in [0.2, 0.25) is 0 Å². The molecule has 0 radical (unpaired) electrons. The van der Waals surface area contributed by atoms with Gasteiger partial charge in [0, 0.05) is 0 Å². The molecule has 3 nitrogen and oxygen atoms in total. The second-order valence-corrected chi connectivity index (χ2v) is 3.34. The van der Waals surface area contributed by atoms with Gasteiger partial charge in [-0.2, -0.15) is 5.26 Å². The van der Waals surface area contributed by atoms with Crippen LogP contribution in [0, 0.1) is 11.3 Å². The fourth-order valence-electron chi connectivity index (χ4n) is 1.61. The summed E-state index contributed by atoms with van der Waals surface area (Å²) in [5, 5.41) is 18.3. The highest BCUT2D eigenvalue weighted by atomic mass is 16.3. The van der Waals surface area contributed by atoms with Gasteiger partial charge < -0.3 is 5.11 Å². The van der Waals surface area contributed by atoms with Gasteiger partial charge in [-0.1, -0.05) is 26.0 Å². The number of aromatic hydroxyl groups is 1. The molecule has 0 spiro atoms. The zero-order valence-corrected chi connectivity index (χ0v) is 9.14. The molecule has 0 saturated carbocycles. The SMILES string of the molecule is CCN(CC)C(C#N)c1ccc(O)cc1. The topological polar surface area (TPSA) is 47.3 Å². The van der Waals surface area contributed by atoms with Crippen LogP contribution in [0.15, 0.2) is 24.3 Å². The van der Waals surface area contributed by atoms with Crippen molar-refractivity contribution in [3.8, 4) is 11.8 Å². The lowest BCUT2D eigenvalue weighted by Gasteiger charge is -2.24. The van der Waals surface area contributed by atoms with Gasteiger partial charge in [0.1, 0.15) is 11.8 Å². The molecule has 1 unspecified atom stereocenters. The molecule has 0 aromatic heterocycles. The summed E-state index contributed by atoms with van der Waals surface area (Å²) in [6.45, 7) is 5.76. The number of phenols is 1. The third kappa shape index (κ3) is 2.71. The Morgan fingerprint density at radius 3 is 2.20 bits per heavy atom. The average molecular weight is 204 g/mol. The van der Waals surface area contributed by atoms with E-state index in [4.69, 9.17) is 10.4 Å². The highest BCUT2D eigenvalue weighted by molar-refractivity contribution is 5.30. The fourth-order valence-corrected chi connectivity index (χ4v) is 1.61. The zero-order chi connectivity index (χ0) is 11.3. The molecule has 0 aliphatic carbocycles. The minimum absolute atomic E-state index is 0.222. The van der Waals surface area contributed by atoms with Crippen LogP contribution in [0.4, 0.5) is 0 Å². The first-order chi connectivity index (χ1) is 7.22. The van der Waals surface area contributed by atoms with Crippen LogP contribution in [-0.2, 0) is 0 Å². The van der Waals surface area contributed by atoms with Crippen LogP contribution in [-0.4, -0.2) is 23.1 Å². The lowest BCUT2D eigenvalue weighted by molar-refractivity contribution is 0.262. The fraction of sp³-hybridized carbons (Fsp3) is 0.417. The van der Waals surface area contributed by atoms with Crippen LogP contribution < -0.4 is 0 Å². The number of nitriles is 1. The van der Waals surface area contributed by atoms with Gasteiger partial charge in [0.05, 0.1) is 6.07 Å². The third-order valence-corrected chi connectivity index (χ3v) is 2.51. The molecule has 0 heterocycles. The second-order valence-electron chi connectivity index (χ2n) is 3.34. The maximum Gasteiger partial charge on any atom is 0.123 e. The molecule has 80 valence electrons. The van der Waals surface area contributed by atoms with E-state index in [1.807, 2.05) is 13.8 Å². The van der Waals surface area contributed by atoms with Gasteiger partial charge in [-0.25, -0.2) is 0 Å². The molecular weight excluding hydrogens is 188 g/mol. The molecule has 0 aliphatic heterocycles. The largest absolute Gasteiger partial charge is 0.508 e. The van der Waals surface area contributed by atoms with Crippen LogP contribution in [0.3, 0.4) is 0 Å². The molecule has 15 heavy (non-hydrogen) atoms. The van der Waals surface area contributed by atoms with Gasteiger partial charge in [-0.05, 0) is 30.8 Å². The predicted octanol–water partition coefficient (Wildman–Crippen LogP) is 2.30. The van der Waals surface area contributed by atoms with Crippen molar-refractivity contribution in [1.29, 1.82) is 5.26 Å². The van der Waals surface area contributed by atoms with Crippen LogP contribution in [0.5, 0.6) is 5.75 Å². The van der Waals surface area contributed by atoms with Crippen molar-refractivity contribution in [3.05, 3.63) is 29.8 Å². The van der Waals surface area contributed by atoms with Gasteiger partial charge in [0.15, 0.2) is 0 Å². The van der Waals surface area contributed by atoms with Crippen molar-refractivity contribution in [1.82, 2.24) is 4.90 Å². The summed E-state index contributed by atoms with van der Waals surface area (Å²) in [5.74, 6) is 0.231. The van der Waals surface area contributed by atoms with Gasteiger partial charge in [-0.15, -0.1) is 0 Å². The van der Waals surface area contributed by atoms with Gasteiger partial charge >= 0.3 is 0 Å². The average Bonchev–Trinajstić information content (AvgIpc) is 2.27. The molecule has 1 atom stereocenters. The Bertz CT molecular complexity index is 336. The number of phenolic OH excluding ortho intramolecular Hbond substituents is 1. The summed E-state index contributed by atoms with van der Waals surface area (Å²) >= 11 is 0. The van der Waals surface area contributed by atoms with Crippen molar-refractivity contribution >= 4 is 0 Å². The normalized spacial score (nSPS) is 12.4. The molecule has 1 aromatic carbocycles. The van der Waals surface area contributed by atoms with Crippen molar-refractivity contribution in [2.45, 2.75) is 19.9 Å². The van der Waals surface area contributed by atoms with E-state index in [0.717, 1.165) is 18.7 Å². The van der Waals surface area contributed by atoms with Crippen LogP contribution in [0.25, 0.3) is 0 Å². The Morgan fingerprint density at radius 1 is 1.27 bits per heavy atom. The number of rotatable bonds is 4. The molecule has 0 amide bonds. The highest BCUT2D eigenvalue weighted by Gasteiger charge is 2.16. The molecular formula is C12H16N2O. The summed E-state index contributed by atoms with van der Waals surface area (Å²) in [4.78, 5) is 2.08. The minimum atomic E-state index is -0.222. The van der Waals surface area contributed by atoms with E-state index in [1.165, 1.54) is 0 Å². The molecule has 0 bridgehead atoms. The lowest BCUT2D eigenvalue weighted by atomic mass is 10.1. The predicted molar refractivity (Wildman–Crippen MR) is 59.4 cm³/mol. The maximum absolute atomic E-state index is 9.17. The summed E-state index contributed by atoms with van der Waals surface area (Å²) in [7, 11) is 0. The molecule has 1 rings (SSSR count). The second kappa shape index (κ2) is 5.38. The summed E-state index contributed by atoms with van der Waals surface area (Å²) in [6.07, 6.45) is 0. The minimum Gasteiger partial charge on any atom is -0.508 e. The Labute approximate surface area is 90.6 Å². The van der Waals surface area contributed by atoms with Crippen molar-refractivity contribution in [2.24, 2.45) is 0 Å². The van der Waals surface area contributed by atoms with Crippen molar-refractivity contribution in [3.63, 3.8) is 0 Å². The first-order valence-electron chi connectivity index (χ1n) is 5.15. The quantitative estimate of drug-likeness (QED) is 0.818. The lowest BCUT2D eigenvalue weighted by Crippen LogP contribution is -2.27. The maximum atomic E-state index is 9.17. The molecule has 0 aliphatic rings. The van der Waals surface area contributed by atoms with Crippen LogP contribution in [0.1, 0.15) is 25.5 Å². The van der Waals surface area contributed by atoms with E-state index in [2.05, 4.69) is 11.0 Å². The van der Waals surface area contributed by atoms with E-state index >= 15 is 0 Å². The smallest absolute Gasteiger partial charge is 0.123 e. The van der Waals surface area contributed by atoms with Gasteiger partial charge in [-0.3, -0.25) is 4.90 Å². The van der Waals surface area contributed by atoms with E-state index in [9.17, 15) is 0 Å². The molecule has 3 heteroatoms. The summed E-state index contributed by atoms with van der Waals surface area (Å²) < 4.78 is 0. The molecule has 1 N–H and O–H groups in total.